The maximum absolute atomic E-state index is 13.7. The molecule has 2 N–H and O–H groups in total. The van der Waals surface area contributed by atoms with E-state index >= 15 is 0 Å². The van der Waals surface area contributed by atoms with Crippen LogP contribution in [0.15, 0.2) is 24.3 Å². The Morgan fingerprint density at radius 1 is 1.10 bits per heavy atom. The van der Waals surface area contributed by atoms with E-state index in [1.807, 2.05) is 24.3 Å². The number of hydrogen-bond acceptors (Lipinski definition) is 4. The number of carbonyl (C=O) groups is 1. The second kappa shape index (κ2) is 10.7. The lowest BCUT2D eigenvalue weighted by molar-refractivity contribution is -0.139. The Kier molecular flexibility index (Phi) is 8.92. The van der Waals surface area contributed by atoms with Crippen molar-refractivity contribution in [1.82, 2.24) is 10.2 Å². The van der Waals surface area contributed by atoms with Crippen LogP contribution >= 0.6 is 24.8 Å². The number of fused-ring (bicyclic) bond motifs is 1. The number of nitrogens with zero attached hydrogens (tertiary/aromatic N) is 1. The molecule has 1 saturated carbocycles. The molecule has 0 unspecified atom stereocenters. The molecular weight excluding hydrogens is 409 g/mol. The molecule has 4 rings (SSSR count). The summed E-state index contributed by atoms with van der Waals surface area (Å²) in [4.78, 5) is 15.9. The molecule has 1 aromatic rings. The third kappa shape index (κ3) is 5.31. The molecule has 2 aliphatic heterocycles. The number of nitrogens with one attached hydrogen (secondary N) is 2. The minimum atomic E-state index is -0.443. The molecule has 0 radical (unpaired) electrons. The van der Waals surface area contributed by atoms with Gasteiger partial charge in [-0.05, 0) is 68.8 Å². The Bertz CT molecular complexity index is 650. The third-order valence-electron chi connectivity index (χ3n) is 6.77. The summed E-state index contributed by atoms with van der Waals surface area (Å²) >= 11 is 0. The number of anilines is 1. The molecule has 3 fully saturated rings. The van der Waals surface area contributed by atoms with Crippen LogP contribution in [0.2, 0.25) is 0 Å². The van der Waals surface area contributed by atoms with Crippen LogP contribution < -0.4 is 15.4 Å². The Morgan fingerprint density at radius 2 is 1.83 bits per heavy atom. The molecule has 2 saturated heterocycles. The maximum atomic E-state index is 13.7. The van der Waals surface area contributed by atoms with Crippen LogP contribution in [0.1, 0.15) is 51.4 Å². The molecule has 3 aliphatic rings. The highest BCUT2D eigenvalue weighted by atomic mass is 35.5. The maximum Gasteiger partial charge on any atom is 0.248 e. The molecule has 5 nitrogen and oxygen atoms in total. The van der Waals surface area contributed by atoms with Crippen molar-refractivity contribution in [1.29, 1.82) is 0 Å². The SMILES string of the molecule is COc1ccc(NC2(C(=O)N3CC[C@@H]4NCCC[C@@H]4C3)CCCCC2)cc1.Cl.Cl. The predicted molar refractivity (Wildman–Crippen MR) is 123 cm³/mol. The second-order valence-electron chi connectivity index (χ2n) is 8.50. The van der Waals surface area contributed by atoms with Gasteiger partial charge in [0, 0.05) is 24.8 Å². The van der Waals surface area contributed by atoms with E-state index in [9.17, 15) is 4.79 Å². The fourth-order valence-corrected chi connectivity index (χ4v) is 5.23. The number of carbonyl (C=O) groups excluding carboxylic acids is 1. The van der Waals surface area contributed by atoms with Gasteiger partial charge in [0.1, 0.15) is 11.3 Å². The smallest absolute Gasteiger partial charge is 0.248 e. The average Bonchev–Trinajstić information content (AvgIpc) is 2.74. The quantitative estimate of drug-likeness (QED) is 0.729. The van der Waals surface area contributed by atoms with Gasteiger partial charge in [-0.1, -0.05) is 19.3 Å². The molecule has 7 heteroatoms. The van der Waals surface area contributed by atoms with Crippen LogP contribution in [0.3, 0.4) is 0 Å². The van der Waals surface area contributed by atoms with E-state index in [-0.39, 0.29) is 24.8 Å². The zero-order valence-corrected chi connectivity index (χ0v) is 19.0. The van der Waals surface area contributed by atoms with Gasteiger partial charge in [0.15, 0.2) is 0 Å². The number of amides is 1. The molecular formula is C22H35Cl2N3O2. The van der Waals surface area contributed by atoms with E-state index < -0.39 is 5.54 Å². The van der Waals surface area contributed by atoms with Crippen LogP contribution in [0.25, 0.3) is 0 Å². The van der Waals surface area contributed by atoms with Gasteiger partial charge in [-0.25, -0.2) is 0 Å². The molecule has 0 spiro atoms. The molecule has 164 valence electrons. The zero-order valence-electron chi connectivity index (χ0n) is 17.3. The first-order chi connectivity index (χ1) is 13.2. The van der Waals surface area contributed by atoms with Crippen molar-refractivity contribution in [2.24, 2.45) is 5.92 Å². The highest BCUT2D eigenvalue weighted by Gasteiger charge is 2.44. The van der Waals surface area contributed by atoms with Crippen molar-refractivity contribution >= 4 is 36.4 Å². The molecule has 1 aliphatic carbocycles. The van der Waals surface area contributed by atoms with Gasteiger partial charge in [0.05, 0.1) is 7.11 Å². The van der Waals surface area contributed by atoms with Crippen molar-refractivity contribution in [2.45, 2.75) is 62.9 Å². The van der Waals surface area contributed by atoms with E-state index in [0.29, 0.717) is 17.9 Å². The number of hydrogen-bond donors (Lipinski definition) is 2. The molecule has 0 aromatic heterocycles. The van der Waals surface area contributed by atoms with Gasteiger partial charge in [0.2, 0.25) is 5.91 Å². The number of rotatable bonds is 4. The largest absolute Gasteiger partial charge is 0.497 e. The highest BCUT2D eigenvalue weighted by molar-refractivity contribution is 5.90. The Labute approximate surface area is 187 Å². The number of methoxy groups -OCH3 is 1. The lowest BCUT2D eigenvalue weighted by Gasteiger charge is -2.46. The van der Waals surface area contributed by atoms with E-state index in [1.54, 1.807) is 7.11 Å². The molecule has 0 bridgehead atoms. The minimum absolute atomic E-state index is 0. The summed E-state index contributed by atoms with van der Waals surface area (Å²) < 4.78 is 5.27. The average molecular weight is 444 g/mol. The summed E-state index contributed by atoms with van der Waals surface area (Å²) in [5.41, 5.74) is 0.571. The van der Waals surface area contributed by atoms with Gasteiger partial charge in [-0.15, -0.1) is 24.8 Å². The van der Waals surface area contributed by atoms with E-state index in [0.717, 1.165) is 63.2 Å². The molecule has 1 amide bonds. The van der Waals surface area contributed by atoms with Gasteiger partial charge in [-0.2, -0.15) is 0 Å². The summed E-state index contributed by atoms with van der Waals surface area (Å²) in [6.45, 7) is 2.94. The molecule has 1 aromatic carbocycles. The van der Waals surface area contributed by atoms with E-state index in [1.165, 1.54) is 19.3 Å². The molecule has 29 heavy (non-hydrogen) atoms. The van der Waals surface area contributed by atoms with Crippen molar-refractivity contribution < 1.29 is 9.53 Å². The van der Waals surface area contributed by atoms with Crippen molar-refractivity contribution in [3.05, 3.63) is 24.3 Å². The Hall–Kier alpha value is -1.17. The minimum Gasteiger partial charge on any atom is -0.497 e. The summed E-state index contributed by atoms with van der Waals surface area (Å²) in [6, 6.07) is 8.59. The number of likely N-dealkylation sites (tertiary alicyclic amines) is 1. The number of benzene rings is 1. The fraction of sp³-hybridized carbons (Fsp3) is 0.682. The van der Waals surface area contributed by atoms with Crippen LogP contribution in [-0.2, 0) is 4.79 Å². The highest BCUT2D eigenvalue weighted by Crippen LogP contribution is 2.36. The first-order valence-electron chi connectivity index (χ1n) is 10.7. The van der Waals surface area contributed by atoms with E-state index in [4.69, 9.17) is 4.74 Å². The van der Waals surface area contributed by atoms with Gasteiger partial charge in [0.25, 0.3) is 0 Å². The van der Waals surface area contributed by atoms with Crippen LogP contribution in [0.5, 0.6) is 5.75 Å². The standard InChI is InChI=1S/C22H33N3O2.2ClH/c1-27-19-9-7-18(8-10-19)24-22(12-3-2-4-13-22)21(26)25-15-11-20-17(16-25)6-5-14-23-20;;/h7-10,17,20,23-24H,2-6,11-16H2,1H3;2*1H/t17-,20+;;/m1../s1. The van der Waals surface area contributed by atoms with Gasteiger partial charge in [-0.3, -0.25) is 4.79 Å². The van der Waals surface area contributed by atoms with Gasteiger partial charge < -0.3 is 20.3 Å². The van der Waals surface area contributed by atoms with Crippen molar-refractivity contribution in [3.8, 4) is 5.75 Å². The van der Waals surface area contributed by atoms with Crippen molar-refractivity contribution in [2.75, 3.05) is 32.1 Å². The number of halogens is 2. The predicted octanol–water partition coefficient (Wildman–Crippen LogP) is 4.25. The number of piperidine rings is 2. The zero-order chi connectivity index (χ0) is 18.7. The number of ether oxygens (including phenoxy) is 1. The summed E-state index contributed by atoms with van der Waals surface area (Å²) in [5.74, 6) is 1.79. The first-order valence-corrected chi connectivity index (χ1v) is 10.7. The normalized spacial score (nSPS) is 25.6. The third-order valence-corrected chi connectivity index (χ3v) is 6.77. The Morgan fingerprint density at radius 3 is 2.52 bits per heavy atom. The van der Waals surface area contributed by atoms with Crippen molar-refractivity contribution in [3.63, 3.8) is 0 Å². The summed E-state index contributed by atoms with van der Waals surface area (Å²) in [6.07, 6.45) is 8.91. The van der Waals surface area contributed by atoms with Crippen LogP contribution in [-0.4, -0.2) is 49.1 Å². The monoisotopic (exact) mass is 443 g/mol. The Balaban J connectivity index is 0.00000150. The van der Waals surface area contributed by atoms with Gasteiger partial charge >= 0.3 is 0 Å². The van der Waals surface area contributed by atoms with Crippen LogP contribution in [0, 0.1) is 5.92 Å². The first kappa shape index (κ1) is 24.1. The second-order valence-corrected chi connectivity index (χ2v) is 8.50. The lowest BCUT2D eigenvalue weighted by atomic mass is 9.78. The lowest BCUT2D eigenvalue weighted by Crippen LogP contribution is -2.60. The summed E-state index contributed by atoms with van der Waals surface area (Å²) in [5, 5.41) is 7.31. The molecule has 2 heterocycles. The fourth-order valence-electron chi connectivity index (χ4n) is 5.23. The van der Waals surface area contributed by atoms with Crippen LogP contribution in [0.4, 0.5) is 5.69 Å². The molecule has 2 atom stereocenters. The van der Waals surface area contributed by atoms with E-state index in [2.05, 4.69) is 15.5 Å². The topological polar surface area (TPSA) is 53.6 Å². The summed E-state index contributed by atoms with van der Waals surface area (Å²) in [7, 11) is 1.68.